The highest BCUT2D eigenvalue weighted by molar-refractivity contribution is 4.75. The average molecular weight is 143 g/mol. The molecule has 0 unspecified atom stereocenters. The highest BCUT2D eigenvalue weighted by atomic mass is 16.5. The quantitative estimate of drug-likeness (QED) is 0.623. The summed E-state index contributed by atoms with van der Waals surface area (Å²) in [6.07, 6.45) is 0.485. The van der Waals surface area contributed by atoms with Crippen LogP contribution in [0.5, 0.6) is 0 Å². The van der Waals surface area contributed by atoms with E-state index >= 15 is 0 Å². The fourth-order valence-corrected chi connectivity index (χ4v) is 0.748. The monoisotopic (exact) mass is 143 g/mol. The molecule has 0 radical (unpaired) electrons. The Morgan fingerprint density at radius 1 is 1.40 bits per heavy atom. The van der Waals surface area contributed by atoms with E-state index < -0.39 is 0 Å². The first-order valence-corrected chi connectivity index (χ1v) is 3.90. The molecule has 1 aliphatic rings. The molecule has 0 aliphatic carbocycles. The van der Waals surface area contributed by atoms with Crippen molar-refractivity contribution >= 4 is 0 Å². The van der Waals surface area contributed by atoms with Crippen molar-refractivity contribution in [2.75, 3.05) is 19.7 Å². The van der Waals surface area contributed by atoms with Gasteiger partial charge in [-0.3, -0.25) is 0 Å². The van der Waals surface area contributed by atoms with E-state index in [0.717, 1.165) is 19.7 Å². The Kier molecular flexibility index (Phi) is 2.32. The molecule has 0 saturated carbocycles. The molecule has 1 fully saturated rings. The number of rotatable bonds is 2. The lowest BCUT2D eigenvalue weighted by atomic mass is 9.98. The maximum absolute atomic E-state index is 5.58. The van der Waals surface area contributed by atoms with Crippen LogP contribution in [0.3, 0.4) is 0 Å². The molecule has 1 rings (SSSR count). The van der Waals surface area contributed by atoms with Crippen LogP contribution in [-0.4, -0.2) is 25.8 Å². The van der Waals surface area contributed by atoms with Crippen molar-refractivity contribution in [2.24, 2.45) is 5.41 Å². The maximum Gasteiger partial charge on any atom is 0.0823 e. The van der Waals surface area contributed by atoms with E-state index in [4.69, 9.17) is 4.74 Å². The molecule has 0 atom stereocenters. The largest absolute Gasteiger partial charge is 0.375 e. The topological polar surface area (TPSA) is 21.3 Å². The summed E-state index contributed by atoms with van der Waals surface area (Å²) in [5, 5.41) is 3.17. The minimum Gasteiger partial charge on any atom is -0.375 e. The van der Waals surface area contributed by atoms with Gasteiger partial charge in [0.1, 0.15) is 0 Å². The lowest BCUT2D eigenvalue weighted by Crippen LogP contribution is -2.49. The molecule has 0 amide bonds. The Balaban J connectivity index is 2.04. The predicted octanol–water partition coefficient (Wildman–Crippen LogP) is 1.02. The zero-order chi connectivity index (χ0) is 7.61. The first-order valence-electron chi connectivity index (χ1n) is 3.90. The standard InChI is InChI=1S/C8H17NO/c1-8(2,3)6-10-7-4-9-5-7/h7,9H,4-6H2,1-3H3. The van der Waals surface area contributed by atoms with Gasteiger partial charge in [0.15, 0.2) is 0 Å². The van der Waals surface area contributed by atoms with Crippen LogP contribution >= 0.6 is 0 Å². The van der Waals surface area contributed by atoms with Gasteiger partial charge in [0.05, 0.1) is 12.7 Å². The Morgan fingerprint density at radius 2 is 2.00 bits per heavy atom. The molecule has 1 heterocycles. The summed E-state index contributed by atoms with van der Waals surface area (Å²) in [7, 11) is 0. The van der Waals surface area contributed by atoms with Gasteiger partial charge in [0.25, 0.3) is 0 Å². The summed E-state index contributed by atoms with van der Waals surface area (Å²) in [5.74, 6) is 0. The van der Waals surface area contributed by atoms with Crippen LogP contribution in [0.2, 0.25) is 0 Å². The number of hydrogen-bond acceptors (Lipinski definition) is 2. The molecule has 0 bridgehead atoms. The van der Waals surface area contributed by atoms with Gasteiger partial charge in [-0.15, -0.1) is 0 Å². The highest BCUT2D eigenvalue weighted by Crippen LogP contribution is 2.14. The Bertz CT molecular complexity index is 102. The molecular formula is C8H17NO. The van der Waals surface area contributed by atoms with Crippen molar-refractivity contribution in [2.45, 2.75) is 26.9 Å². The van der Waals surface area contributed by atoms with Gasteiger partial charge < -0.3 is 10.1 Å². The van der Waals surface area contributed by atoms with Gasteiger partial charge in [-0.2, -0.15) is 0 Å². The van der Waals surface area contributed by atoms with Crippen molar-refractivity contribution in [3.05, 3.63) is 0 Å². The molecular weight excluding hydrogens is 126 g/mol. The van der Waals surface area contributed by atoms with Crippen LogP contribution in [0.15, 0.2) is 0 Å². The highest BCUT2D eigenvalue weighted by Gasteiger charge is 2.20. The van der Waals surface area contributed by atoms with Gasteiger partial charge in [0, 0.05) is 13.1 Å². The zero-order valence-electron chi connectivity index (χ0n) is 7.11. The van der Waals surface area contributed by atoms with Gasteiger partial charge in [-0.05, 0) is 5.41 Å². The summed E-state index contributed by atoms with van der Waals surface area (Å²) in [5.41, 5.74) is 0.315. The zero-order valence-corrected chi connectivity index (χ0v) is 7.11. The van der Waals surface area contributed by atoms with E-state index in [-0.39, 0.29) is 0 Å². The molecule has 2 nitrogen and oxygen atoms in total. The van der Waals surface area contributed by atoms with Crippen LogP contribution in [0, 0.1) is 5.41 Å². The fourth-order valence-electron chi connectivity index (χ4n) is 0.748. The third kappa shape index (κ3) is 2.67. The Hall–Kier alpha value is -0.0800. The smallest absolute Gasteiger partial charge is 0.0823 e. The minimum absolute atomic E-state index is 0.315. The molecule has 0 aromatic carbocycles. The van der Waals surface area contributed by atoms with Gasteiger partial charge in [-0.25, -0.2) is 0 Å². The van der Waals surface area contributed by atoms with E-state index in [9.17, 15) is 0 Å². The summed E-state index contributed by atoms with van der Waals surface area (Å²) in [6, 6.07) is 0. The summed E-state index contributed by atoms with van der Waals surface area (Å²) >= 11 is 0. The first kappa shape index (κ1) is 8.02. The van der Waals surface area contributed by atoms with E-state index in [1.165, 1.54) is 0 Å². The van der Waals surface area contributed by atoms with Crippen LogP contribution in [0.25, 0.3) is 0 Å². The lowest BCUT2D eigenvalue weighted by Gasteiger charge is -2.30. The van der Waals surface area contributed by atoms with Crippen LogP contribution < -0.4 is 5.32 Å². The lowest BCUT2D eigenvalue weighted by molar-refractivity contribution is -0.0172. The summed E-state index contributed by atoms with van der Waals surface area (Å²) in [6.45, 7) is 9.53. The molecule has 0 aromatic rings. The van der Waals surface area contributed by atoms with Gasteiger partial charge >= 0.3 is 0 Å². The minimum atomic E-state index is 0.315. The van der Waals surface area contributed by atoms with Crippen molar-refractivity contribution in [1.29, 1.82) is 0 Å². The third-order valence-electron chi connectivity index (χ3n) is 1.50. The van der Waals surface area contributed by atoms with Crippen molar-refractivity contribution < 1.29 is 4.74 Å². The second-order valence-electron chi connectivity index (χ2n) is 4.15. The molecule has 1 aliphatic heterocycles. The number of nitrogens with one attached hydrogen (secondary N) is 1. The number of hydrogen-bond donors (Lipinski definition) is 1. The first-order chi connectivity index (χ1) is 4.58. The molecule has 60 valence electrons. The van der Waals surface area contributed by atoms with Gasteiger partial charge in [-0.1, -0.05) is 20.8 Å². The van der Waals surface area contributed by atoms with E-state index in [0.29, 0.717) is 11.5 Å². The van der Waals surface area contributed by atoms with Crippen LogP contribution in [0.4, 0.5) is 0 Å². The predicted molar refractivity (Wildman–Crippen MR) is 42.1 cm³/mol. The van der Waals surface area contributed by atoms with Crippen molar-refractivity contribution in [3.8, 4) is 0 Å². The summed E-state index contributed by atoms with van der Waals surface area (Å²) < 4.78 is 5.58. The summed E-state index contributed by atoms with van der Waals surface area (Å²) in [4.78, 5) is 0. The Morgan fingerprint density at radius 3 is 2.30 bits per heavy atom. The van der Waals surface area contributed by atoms with E-state index in [1.807, 2.05) is 0 Å². The molecule has 0 aromatic heterocycles. The van der Waals surface area contributed by atoms with E-state index in [1.54, 1.807) is 0 Å². The van der Waals surface area contributed by atoms with Crippen molar-refractivity contribution in [1.82, 2.24) is 5.32 Å². The van der Waals surface area contributed by atoms with Gasteiger partial charge in [0.2, 0.25) is 0 Å². The molecule has 0 spiro atoms. The Labute approximate surface area is 63.0 Å². The van der Waals surface area contributed by atoms with Crippen molar-refractivity contribution in [3.63, 3.8) is 0 Å². The molecule has 2 heteroatoms. The SMILES string of the molecule is CC(C)(C)COC1CNC1. The van der Waals surface area contributed by atoms with Crippen LogP contribution in [0.1, 0.15) is 20.8 Å². The van der Waals surface area contributed by atoms with E-state index in [2.05, 4.69) is 26.1 Å². The molecule has 10 heavy (non-hydrogen) atoms. The molecule has 1 N–H and O–H groups in total. The molecule has 1 saturated heterocycles. The second-order valence-corrected chi connectivity index (χ2v) is 4.15. The number of ether oxygens (including phenoxy) is 1. The fraction of sp³-hybridized carbons (Fsp3) is 1.00. The third-order valence-corrected chi connectivity index (χ3v) is 1.50. The maximum atomic E-state index is 5.58. The second kappa shape index (κ2) is 2.89. The van der Waals surface area contributed by atoms with Crippen LogP contribution in [-0.2, 0) is 4.74 Å². The average Bonchev–Trinajstić information content (AvgIpc) is 1.56. The normalized spacial score (nSPS) is 20.7.